The van der Waals surface area contributed by atoms with Crippen LogP contribution in [0.25, 0.3) is 0 Å². The van der Waals surface area contributed by atoms with E-state index in [-0.39, 0.29) is 0 Å². The Hall–Kier alpha value is -2.01. The van der Waals surface area contributed by atoms with Gasteiger partial charge < -0.3 is 20.6 Å². The summed E-state index contributed by atoms with van der Waals surface area (Å²) in [6, 6.07) is 0. The van der Waals surface area contributed by atoms with Gasteiger partial charge in [0.05, 0.1) is 23.5 Å². The zero-order valence-corrected chi connectivity index (χ0v) is 11.3. The lowest BCUT2D eigenvalue weighted by molar-refractivity contribution is -0.132. The minimum atomic E-state index is -0.848. The molecular formula is C15H19N3O2. The molecule has 20 heavy (non-hydrogen) atoms. The third-order valence-corrected chi connectivity index (χ3v) is 4.09. The SMILES string of the molecule is NCC1CCN(C2=C3C=CC=CN3CC(C(=O)O)=C2)C1. The molecular weight excluding hydrogens is 254 g/mol. The highest BCUT2D eigenvalue weighted by atomic mass is 16.4. The van der Waals surface area contributed by atoms with Crippen molar-refractivity contribution in [1.29, 1.82) is 0 Å². The van der Waals surface area contributed by atoms with Gasteiger partial charge in [0, 0.05) is 19.3 Å². The molecule has 106 valence electrons. The Morgan fingerprint density at radius 1 is 1.40 bits per heavy atom. The van der Waals surface area contributed by atoms with E-state index in [0.29, 0.717) is 24.6 Å². The average Bonchev–Trinajstić information content (AvgIpc) is 2.94. The normalized spacial score (nSPS) is 25.1. The maximum Gasteiger partial charge on any atom is 0.333 e. The van der Waals surface area contributed by atoms with E-state index in [4.69, 9.17) is 5.73 Å². The van der Waals surface area contributed by atoms with Crippen molar-refractivity contribution in [3.05, 3.63) is 47.5 Å². The summed E-state index contributed by atoms with van der Waals surface area (Å²) in [5.41, 5.74) is 8.26. The van der Waals surface area contributed by atoms with Crippen molar-refractivity contribution in [1.82, 2.24) is 9.80 Å². The van der Waals surface area contributed by atoms with Crippen LogP contribution < -0.4 is 5.73 Å². The van der Waals surface area contributed by atoms with Gasteiger partial charge in [0.25, 0.3) is 0 Å². The van der Waals surface area contributed by atoms with Crippen LogP contribution in [-0.4, -0.2) is 47.1 Å². The molecule has 3 aliphatic rings. The van der Waals surface area contributed by atoms with Gasteiger partial charge in [-0.1, -0.05) is 6.08 Å². The molecule has 0 spiro atoms. The number of carbonyl (C=O) groups is 1. The molecule has 1 fully saturated rings. The Morgan fingerprint density at radius 2 is 2.25 bits per heavy atom. The van der Waals surface area contributed by atoms with Crippen LogP contribution in [0.3, 0.4) is 0 Å². The van der Waals surface area contributed by atoms with Crippen molar-refractivity contribution in [3.8, 4) is 0 Å². The number of carboxylic acid groups (broad SMARTS) is 1. The van der Waals surface area contributed by atoms with Gasteiger partial charge in [-0.05, 0) is 37.1 Å². The number of hydrogen-bond donors (Lipinski definition) is 2. The summed E-state index contributed by atoms with van der Waals surface area (Å²) in [7, 11) is 0. The number of aliphatic carboxylic acids is 1. The topological polar surface area (TPSA) is 69.8 Å². The van der Waals surface area contributed by atoms with Crippen LogP contribution in [0.1, 0.15) is 6.42 Å². The molecule has 0 aromatic rings. The minimum Gasteiger partial charge on any atom is -0.478 e. The molecule has 5 heteroatoms. The first-order chi connectivity index (χ1) is 9.69. The highest BCUT2D eigenvalue weighted by molar-refractivity contribution is 5.88. The Kier molecular flexibility index (Phi) is 3.36. The van der Waals surface area contributed by atoms with E-state index in [9.17, 15) is 9.90 Å². The Labute approximate surface area is 118 Å². The van der Waals surface area contributed by atoms with Crippen LogP contribution in [-0.2, 0) is 4.79 Å². The molecule has 1 unspecified atom stereocenters. The molecule has 5 nitrogen and oxygen atoms in total. The van der Waals surface area contributed by atoms with E-state index >= 15 is 0 Å². The summed E-state index contributed by atoms with van der Waals surface area (Å²) in [6.07, 6.45) is 10.8. The highest BCUT2D eigenvalue weighted by Gasteiger charge is 2.29. The Balaban J connectivity index is 1.96. The third kappa shape index (κ3) is 2.25. The first kappa shape index (κ1) is 13.0. The summed E-state index contributed by atoms with van der Waals surface area (Å²) in [6.45, 7) is 2.96. The summed E-state index contributed by atoms with van der Waals surface area (Å²) in [5, 5.41) is 9.29. The number of nitrogens with two attached hydrogens (primary N) is 1. The second kappa shape index (κ2) is 5.17. The summed E-state index contributed by atoms with van der Waals surface area (Å²) in [5.74, 6) is -0.345. The molecule has 0 aliphatic carbocycles. The third-order valence-electron chi connectivity index (χ3n) is 4.09. The largest absolute Gasteiger partial charge is 0.478 e. The van der Waals surface area contributed by atoms with Gasteiger partial charge in [-0.3, -0.25) is 0 Å². The van der Waals surface area contributed by atoms with E-state index in [0.717, 1.165) is 30.9 Å². The van der Waals surface area contributed by atoms with Crippen molar-refractivity contribution < 1.29 is 9.90 Å². The van der Waals surface area contributed by atoms with Crippen LogP contribution in [0, 0.1) is 5.92 Å². The van der Waals surface area contributed by atoms with Crippen molar-refractivity contribution in [3.63, 3.8) is 0 Å². The molecule has 3 aliphatic heterocycles. The van der Waals surface area contributed by atoms with E-state index in [2.05, 4.69) is 4.90 Å². The summed E-state index contributed by atoms with van der Waals surface area (Å²) < 4.78 is 0. The van der Waals surface area contributed by atoms with Crippen LogP contribution in [0.5, 0.6) is 0 Å². The number of carboxylic acids is 1. The predicted octanol–water partition coefficient (Wildman–Crippen LogP) is 0.889. The second-order valence-corrected chi connectivity index (χ2v) is 5.41. The fraction of sp³-hybridized carbons (Fsp3) is 0.400. The van der Waals surface area contributed by atoms with Crippen LogP contribution in [0.4, 0.5) is 0 Å². The molecule has 1 saturated heterocycles. The molecule has 3 N–H and O–H groups in total. The Bertz CT molecular complexity index is 545. The number of nitrogens with zero attached hydrogens (tertiary/aromatic N) is 2. The smallest absolute Gasteiger partial charge is 0.333 e. The van der Waals surface area contributed by atoms with Crippen LogP contribution in [0.15, 0.2) is 47.5 Å². The molecule has 0 amide bonds. The number of rotatable bonds is 3. The van der Waals surface area contributed by atoms with Crippen LogP contribution >= 0.6 is 0 Å². The zero-order valence-electron chi connectivity index (χ0n) is 11.3. The van der Waals surface area contributed by atoms with Gasteiger partial charge in [-0.2, -0.15) is 0 Å². The first-order valence-electron chi connectivity index (χ1n) is 6.93. The minimum absolute atomic E-state index is 0.420. The summed E-state index contributed by atoms with van der Waals surface area (Å²) >= 11 is 0. The average molecular weight is 273 g/mol. The van der Waals surface area contributed by atoms with Gasteiger partial charge in [-0.15, -0.1) is 0 Å². The van der Waals surface area contributed by atoms with Gasteiger partial charge >= 0.3 is 5.97 Å². The highest BCUT2D eigenvalue weighted by Crippen LogP contribution is 2.30. The lowest BCUT2D eigenvalue weighted by atomic mass is 10.1. The molecule has 1 atom stereocenters. The predicted molar refractivity (Wildman–Crippen MR) is 76.5 cm³/mol. The maximum absolute atomic E-state index is 11.3. The monoisotopic (exact) mass is 273 g/mol. The molecule has 0 saturated carbocycles. The van der Waals surface area contributed by atoms with Crippen molar-refractivity contribution >= 4 is 5.97 Å². The molecule has 3 rings (SSSR count). The van der Waals surface area contributed by atoms with Gasteiger partial charge in [0.15, 0.2) is 0 Å². The van der Waals surface area contributed by atoms with E-state index in [1.165, 1.54) is 0 Å². The Morgan fingerprint density at radius 3 is 2.95 bits per heavy atom. The van der Waals surface area contributed by atoms with E-state index in [1.807, 2.05) is 35.4 Å². The lowest BCUT2D eigenvalue weighted by Crippen LogP contribution is -2.33. The fourth-order valence-corrected chi connectivity index (χ4v) is 2.94. The van der Waals surface area contributed by atoms with Crippen molar-refractivity contribution in [2.75, 3.05) is 26.2 Å². The molecule has 0 aromatic carbocycles. The second-order valence-electron chi connectivity index (χ2n) is 5.41. The molecule has 0 aromatic heterocycles. The molecule has 0 radical (unpaired) electrons. The quantitative estimate of drug-likeness (QED) is 0.799. The van der Waals surface area contributed by atoms with Gasteiger partial charge in [0.2, 0.25) is 0 Å². The van der Waals surface area contributed by atoms with Crippen molar-refractivity contribution in [2.45, 2.75) is 6.42 Å². The van der Waals surface area contributed by atoms with Gasteiger partial charge in [0.1, 0.15) is 0 Å². The maximum atomic E-state index is 11.3. The van der Waals surface area contributed by atoms with Crippen molar-refractivity contribution in [2.24, 2.45) is 11.7 Å². The first-order valence-corrected chi connectivity index (χ1v) is 6.93. The number of likely N-dealkylation sites (tertiary alicyclic amines) is 1. The van der Waals surface area contributed by atoms with E-state index in [1.54, 1.807) is 0 Å². The number of fused-ring (bicyclic) bond motifs is 1. The lowest BCUT2D eigenvalue weighted by Gasteiger charge is -2.33. The number of hydrogen-bond acceptors (Lipinski definition) is 4. The molecule has 0 bridgehead atoms. The van der Waals surface area contributed by atoms with Gasteiger partial charge in [-0.25, -0.2) is 4.79 Å². The fourth-order valence-electron chi connectivity index (χ4n) is 2.94. The van der Waals surface area contributed by atoms with Crippen LogP contribution in [0.2, 0.25) is 0 Å². The number of allylic oxidation sites excluding steroid dienone is 4. The summed E-state index contributed by atoms with van der Waals surface area (Å²) in [4.78, 5) is 15.6. The standard InChI is InChI=1S/C15H19N3O2/c16-8-11-4-6-18(9-11)14-7-12(15(19)20)10-17-5-2-1-3-13(14)17/h1-3,5,7,11H,4,6,8-10,16H2,(H,19,20). The van der Waals surface area contributed by atoms with E-state index < -0.39 is 5.97 Å². The molecule has 3 heterocycles. The zero-order chi connectivity index (χ0) is 14.1.